The molecular formula is C16H20ClN3O4. The van der Waals surface area contributed by atoms with Gasteiger partial charge < -0.3 is 15.1 Å². The zero-order valence-electron chi connectivity index (χ0n) is 13.4. The zero-order chi connectivity index (χ0) is 18.1. The number of aryl methyl sites for hydroxylation is 1. The van der Waals surface area contributed by atoms with Gasteiger partial charge >= 0.3 is 11.9 Å². The molecule has 0 radical (unpaired) electrons. The lowest BCUT2D eigenvalue weighted by atomic mass is 10.1. The molecule has 0 saturated carbocycles. The van der Waals surface area contributed by atoms with Gasteiger partial charge in [0.25, 0.3) is 0 Å². The Kier molecular flexibility index (Phi) is 8.02. The number of aliphatic carboxylic acids is 2. The van der Waals surface area contributed by atoms with Crippen molar-refractivity contribution in [1.82, 2.24) is 4.90 Å². The molecule has 0 aliphatic carbocycles. The van der Waals surface area contributed by atoms with E-state index in [-0.39, 0.29) is 0 Å². The van der Waals surface area contributed by atoms with Gasteiger partial charge in [0, 0.05) is 49.9 Å². The second-order valence-corrected chi connectivity index (χ2v) is 5.71. The minimum absolute atomic E-state index is 0.621. The number of carboxylic acids is 2. The van der Waals surface area contributed by atoms with Crippen LogP contribution in [0.4, 0.5) is 5.69 Å². The van der Waals surface area contributed by atoms with E-state index in [1.54, 1.807) is 0 Å². The van der Waals surface area contributed by atoms with E-state index in [0.29, 0.717) is 6.42 Å². The van der Waals surface area contributed by atoms with Crippen molar-refractivity contribution in [3.05, 3.63) is 28.8 Å². The molecule has 1 aromatic rings. The molecule has 24 heavy (non-hydrogen) atoms. The molecule has 0 aromatic heterocycles. The Hall–Kier alpha value is -2.30. The highest BCUT2D eigenvalue weighted by atomic mass is 35.5. The van der Waals surface area contributed by atoms with Crippen LogP contribution in [0.3, 0.4) is 0 Å². The van der Waals surface area contributed by atoms with Gasteiger partial charge in [0.05, 0.1) is 6.07 Å². The van der Waals surface area contributed by atoms with Crippen LogP contribution in [0, 0.1) is 18.3 Å². The number of halogens is 1. The standard InChI is InChI=1S/C14H18ClN3.C2H2O4/c1-12-3-4-13(15)11-14(12)18-9-7-17(8-10-18)6-2-5-16;3-1(4)2(5)6/h3-4,11H,2,6-10H2,1H3;(H,3,4)(H,5,6). The van der Waals surface area contributed by atoms with Crippen molar-refractivity contribution < 1.29 is 19.8 Å². The first-order valence-electron chi connectivity index (χ1n) is 7.41. The number of hydrogen-bond donors (Lipinski definition) is 2. The third kappa shape index (κ3) is 6.44. The molecule has 0 amide bonds. The van der Waals surface area contributed by atoms with Crippen molar-refractivity contribution in [2.24, 2.45) is 0 Å². The molecule has 1 aliphatic heterocycles. The number of hydrogen-bond acceptors (Lipinski definition) is 5. The van der Waals surface area contributed by atoms with Crippen LogP contribution in [0.1, 0.15) is 12.0 Å². The molecule has 1 fully saturated rings. The van der Waals surface area contributed by atoms with E-state index in [1.807, 2.05) is 12.1 Å². The first-order chi connectivity index (χ1) is 11.3. The Morgan fingerprint density at radius 2 is 1.79 bits per heavy atom. The summed E-state index contributed by atoms with van der Waals surface area (Å²) in [5.41, 5.74) is 2.51. The van der Waals surface area contributed by atoms with E-state index in [9.17, 15) is 0 Å². The number of carboxylic acid groups (broad SMARTS) is 2. The van der Waals surface area contributed by atoms with Crippen LogP contribution in [0.2, 0.25) is 5.02 Å². The Morgan fingerprint density at radius 1 is 1.21 bits per heavy atom. The van der Waals surface area contributed by atoms with Gasteiger partial charge in [0.15, 0.2) is 0 Å². The summed E-state index contributed by atoms with van der Waals surface area (Å²) in [7, 11) is 0. The van der Waals surface area contributed by atoms with Crippen LogP contribution >= 0.6 is 11.6 Å². The van der Waals surface area contributed by atoms with Crippen LogP contribution < -0.4 is 4.90 Å². The number of carbonyl (C=O) groups is 2. The van der Waals surface area contributed by atoms with Gasteiger partial charge in [-0.15, -0.1) is 0 Å². The van der Waals surface area contributed by atoms with E-state index >= 15 is 0 Å². The smallest absolute Gasteiger partial charge is 0.414 e. The summed E-state index contributed by atoms with van der Waals surface area (Å²) < 4.78 is 0. The number of piperazine rings is 1. The van der Waals surface area contributed by atoms with Crippen LogP contribution in [0.15, 0.2) is 18.2 Å². The van der Waals surface area contributed by atoms with Crippen LogP contribution in [0.5, 0.6) is 0 Å². The molecule has 1 aliphatic rings. The Balaban J connectivity index is 0.000000413. The van der Waals surface area contributed by atoms with Gasteiger partial charge in [-0.25, -0.2) is 9.59 Å². The van der Waals surface area contributed by atoms with Gasteiger partial charge in [0.1, 0.15) is 0 Å². The Morgan fingerprint density at radius 3 is 2.29 bits per heavy atom. The monoisotopic (exact) mass is 353 g/mol. The summed E-state index contributed by atoms with van der Waals surface area (Å²) in [6.45, 7) is 7.06. The highest BCUT2D eigenvalue weighted by molar-refractivity contribution is 6.30. The fourth-order valence-corrected chi connectivity index (χ4v) is 2.51. The lowest BCUT2D eigenvalue weighted by Crippen LogP contribution is -2.46. The molecule has 2 N–H and O–H groups in total. The molecule has 1 saturated heterocycles. The van der Waals surface area contributed by atoms with E-state index in [2.05, 4.69) is 28.9 Å². The molecule has 130 valence electrons. The van der Waals surface area contributed by atoms with Crippen LogP contribution in [-0.4, -0.2) is 59.8 Å². The number of anilines is 1. The molecular weight excluding hydrogens is 334 g/mol. The number of nitrogens with zero attached hydrogens (tertiary/aromatic N) is 3. The summed E-state index contributed by atoms with van der Waals surface area (Å²) in [5.74, 6) is -3.65. The first-order valence-corrected chi connectivity index (χ1v) is 7.79. The quantitative estimate of drug-likeness (QED) is 0.799. The largest absolute Gasteiger partial charge is 0.473 e. The summed E-state index contributed by atoms with van der Waals surface area (Å²) in [5, 5.41) is 24.2. The Bertz CT molecular complexity index is 610. The maximum absolute atomic E-state index is 9.10. The minimum atomic E-state index is -1.82. The van der Waals surface area contributed by atoms with E-state index in [1.165, 1.54) is 11.3 Å². The lowest BCUT2D eigenvalue weighted by molar-refractivity contribution is -0.159. The van der Waals surface area contributed by atoms with Crippen LogP contribution in [-0.2, 0) is 9.59 Å². The molecule has 1 heterocycles. The maximum Gasteiger partial charge on any atom is 0.414 e. The lowest BCUT2D eigenvalue weighted by Gasteiger charge is -2.36. The van der Waals surface area contributed by atoms with Gasteiger partial charge in [-0.3, -0.25) is 4.90 Å². The molecule has 0 atom stereocenters. The molecule has 0 bridgehead atoms. The SMILES string of the molecule is Cc1ccc(Cl)cc1N1CCN(CCC#N)CC1.O=C(O)C(=O)O. The second-order valence-electron chi connectivity index (χ2n) is 5.28. The average Bonchev–Trinajstić information content (AvgIpc) is 2.56. The van der Waals surface area contributed by atoms with Crippen molar-refractivity contribution in [3.8, 4) is 6.07 Å². The Labute approximate surface area is 145 Å². The van der Waals surface area contributed by atoms with Gasteiger partial charge in [0.2, 0.25) is 0 Å². The van der Waals surface area contributed by atoms with Crippen LogP contribution in [0.25, 0.3) is 0 Å². The van der Waals surface area contributed by atoms with E-state index < -0.39 is 11.9 Å². The van der Waals surface area contributed by atoms with E-state index in [4.69, 9.17) is 36.7 Å². The minimum Gasteiger partial charge on any atom is -0.473 e. The average molecular weight is 354 g/mol. The third-order valence-corrected chi connectivity index (χ3v) is 3.84. The van der Waals surface area contributed by atoms with Gasteiger partial charge in [-0.2, -0.15) is 5.26 Å². The number of nitriles is 1. The predicted octanol–water partition coefficient (Wildman–Crippen LogP) is 1.84. The summed E-state index contributed by atoms with van der Waals surface area (Å²) in [6.07, 6.45) is 0.621. The van der Waals surface area contributed by atoms with Crippen molar-refractivity contribution in [1.29, 1.82) is 5.26 Å². The predicted molar refractivity (Wildman–Crippen MR) is 90.3 cm³/mol. The normalized spacial score (nSPS) is 14.3. The molecule has 7 nitrogen and oxygen atoms in total. The number of rotatable bonds is 3. The summed E-state index contributed by atoms with van der Waals surface area (Å²) in [6, 6.07) is 8.25. The first kappa shape index (κ1) is 19.7. The number of benzene rings is 1. The van der Waals surface area contributed by atoms with E-state index in [0.717, 1.165) is 37.7 Å². The molecule has 0 unspecified atom stereocenters. The maximum atomic E-state index is 9.10. The topological polar surface area (TPSA) is 105 Å². The second kappa shape index (κ2) is 9.75. The summed E-state index contributed by atoms with van der Waals surface area (Å²) in [4.78, 5) is 22.9. The molecule has 2 rings (SSSR count). The fraction of sp³-hybridized carbons (Fsp3) is 0.438. The van der Waals surface area contributed by atoms with Crippen molar-refractivity contribution in [3.63, 3.8) is 0 Å². The van der Waals surface area contributed by atoms with Gasteiger partial charge in [-0.05, 0) is 24.6 Å². The molecule has 0 spiro atoms. The highest BCUT2D eigenvalue weighted by Gasteiger charge is 2.18. The fourth-order valence-electron chi connectivity index (χ4n) is 2.34. The zero-order valence-corrected chi connectivity index (χ0v) is 14.2. The third-order valence-electron chi connectivity index (χ3n) is 3.61. The summed E-state index contributed by atoms with van der Waals surface area (Å²) >= 11 is 6.06. The van der Waals surface area contributed by atoms with Crippen molar-refractivity contribution >= 4 is 29.2 Å². The molecule has 8 heteroatoms. The van der Waals surface area contributed by atoms with Gasteiger partial charge in [-0.1, -0.05) is 17.7 Å². The van der Waals surface area contributed by atoms with Crippen molar-refractivity contribution in [2.75, 3.05) is 37.6 Å². The van der Waals surface area contributed by atoms with Crippen molar-refractivity contribution in [2.45, 2.75) is 13.3 Å². The highest BCUT2D eigenvalue weighted by Crippen LogP contribution is 2.25. The molecule has 1 aromatic carbocycles.